The van der Waals surface area contributed by atoms with Gasteiger partial charge in [-0.05, 0) is 36.8 Å². The maximum absolute atomic E-state index is 9.17. The SMILES string of the molecule is N#Cc1c(N)sc(=S)c2c1CCCCCC2. The summed E-state index contributed by atoms with van der Waals surface area (Å²) in [5, 5.41) is 9.76. The van der Waals surface area contributed by atoms with Gasteiger partial charge in [0.25, 0.3) is 0 Å². The second-order valence-electron chi connectivity index (χ2n) is 4.11. The molecule has 0 aliphatic heterocycles. The number of hydrogen-bond donors (Lipinski definition) is 1. The molecular weight excluding hydrogens is 236 g/mol. The van der Waals surface area contributed by atoms with Crippen LogP contribution >= 0.6 is 23.6 Å². The van der Waals surface area contributed by atoms with Gasteiger partial charge >= 0.3 is 0 Å². The first-order valence-electron chi connectivity index (χ1n) is 5.58. The average molecular weight is 250 g/mol. The summed E-state index contributed by atoms with van der Waals surface area (Å²) in [6.45, 7) is 0. The predicted molar refractivity (Wildman–Crippen MR) is 70.2 cm³/mol. The smallest absolute Gasteiger partial charge is 0.105 e. The molecule has 1 aromatic rings. The molecule has 1 aromatic heterocycles. The van der Waals surface area contributed by atoms with Crippen molar-refractivity contribution >= 4 is 28.6 Å². The molecule has 4 heteroatoms. The van der Waals surface area contributed by atoms with Crippen LogP contribution in [0.1, 0.15) is 42.4 Å². The zero-order valence-electron chi connectivity index (χ0n) is 9.08. The lowest BCUT2D eigenvalue weighted by atomic mass is 9.93. The van der Waals surface area contributed by atoms with Crippen LogP contribution in [0, 0.1) is 15.2 Å². The Morgan fingerprint density at radius 1 is 1.12 bits per heavy atom. The maximum Gasteiger partial charge on any atom is 0.105 e. The molecule has 1 heterocycles. The Balaban J connectivity index is 2.62. The van der Waals surface area contributed by atoms with Crippen LogP contribution in [-0.2, 0) is 12.8 Å². The maximum atomic E-state index is 9.17. The molecule has 0 aromatic carbocycles. The van der Waals surface area contributed by atoms with E-state index in [9.17, 15) is 5.26 Å². The van der Waals surface area contributed by atoms with Crippen LogP contribution in [0.2, 0.25) is 0 Å². The van der Waals surface area contributed by atoms with Crippen molar-refractivity contribution in [2.24, 2.45) is 0 Å². The van der Waals surface area contributed by atoms with Crippen LogP contribution in [0.3, 0.4) is 0 Å². The lowest BCUT2D eigenvalue weighted by Crippen LogP contribution is -2.04. The van der Waals surface area contributed by atoms with E-state index in [0.29, 0.717) is 10.6 Å². The monoisotopic (exact) mass is 250 g/mol. The van der Waals surface area contributed by atoms with E-state index in [1.165, 1.54) is 36.2 Å². The van der Waals surface area contributed by atoms with E-state index in [1.807, 2.05) is 0 Å². The molecule has 0 unspecified atom stereocenters. The Morgan fingerprint density at radius 2 is 1.75 bits per heavy atom. The van der Waals surface area contributed by atoms with E-state index in [1.54, 1.807) is 0 Å². The summed E-state index contributed by atoms with van der Waals surface area (Å²) in [6.07, 6.45) is 6.81. The van der Waals surface area contributed by atoms with Gasteiger partial charge in [-0.1, -0.05) is 25.1 Å². The Labute approximate surface area is 105 Å². The van der Waals surface area contributed by atoms with Crippen LogP contribution in [0.5, 0.6) is 0 Å². The third kappa shape index (κ3) is 2.11. The van der Waals surface area contributed by atoms with Crippen molar-refractivity contribution in [1.29, 1.82) is 5.26 Å². The molecular formula is C12H14N2S2. The molecule has 0 spiro atoms. The summed E-state index contributed by atoms with van der Waals surface area (Å²) in [4.78, 5) is 0. The summed E-state index contributed by atoms with van der Waals surface area (Å²) < 4.78 is 0.883. The molecule has 2 rings (SSSR count). The van der Waals surface area contributed by atoms with Gasteiger partial charge < -0.3 is 5.73 Å². The molecule has 0 fully saturated rings. The van der Waals surface area contributed by atoms with Gasteiger partial charge in [0.1, 0.15) is 11.1 Å². The molecule has 0 bridgehead atoms. The summed E-state index contributed by atoms with van der Waals surface area (Å²) >= 11 is 6.75. The summed E-state index contributed by atoms with van der Waals surface area (Å²) in [5.74, 6) is 0. The van der Waals surface area contributed by atoms with Crippen molar-refractivity contribution < 1.29 is 0 Å². The second kappa shape index (κ2) is 4.94. The minimum Gasteiger partial charge on any atom is -0.389 e. The molecule has 0 saturated heterocycles. The number of rotatable bonds is 0. The van der Waals surface area contributed by atoms with Crippen LogP contribution in [0.25, 0.3) is 0 Å². The van der Waals surface area contributed by atoms with Gasteiger partial charge in [0.2, 0.25) is 0 Å². The van der Waals surface area contributed by atoms with Crippen molar-refractivity contribution in [3.8, 4) is 6.07 Å². The van der Waals surface area contributed by atoms with Crippen LogP contribution in [0.15, 0.2) is 0 Å². The van der Waals surface area contributed by atoms with Crippen LogP contribution in [-0.4, -0.2) is 0 Å². The van der Waals surface area contributed by atoms with Gasteiger partial charge in [0, 0.05) is 0 Å². The summed E-state index contributed by atoms with van der Waals surface area (Å²) in [6, 6.07) is 2.24. The lowest BCUT2D eigenvalue weighted by molar-refractivity contribution is 0.617. The molecule has 0 atom stereocenters. The third-order valence-corrected chi connectivity index (χ3v) is 4.43. The standard InChI is InChI=1S/C12H14N2S2/c13-7-10-8-5-3-1-2-4-6-9(8)12(15)16-11(10)14/h1-6,14H2. The fourth-order valence-corrected chi connectivity index (χ4v) is 3.56. The minimum atomic E-state index is 0.590. The first-order valence-corrected chi connectivity index (χ1v) is 6.81. The van der Waals surface area contributed by atoms with E-state index in [0.717, 1.165) is 28.6 Å². The third-order valence-electron chi connectivity index (χ3n) is 3.08. The molecule has 2 N–H and O–H groups in total. The highest BCUT2D eigenvalue weighted by Gasteiger charge is 2.15. The second-order valence-corrected chi connectivity index (χ2v) is 5.83. The largest absolute Gasteiger partial charge is 0.389 e. The van der Waals surface area contributed by atoms with E-state index < -0.39 is 0 Å². The fourth-order valence-electron chi connectivity index (χ4n) is 2.24. The highest BCUT2D eigenvalue weighted by molar-refractivity contribution is 7.73. The van der Waals surface area contributed by atoms with Gasteiger partial charge in [-0.15, -0.1) is 11.3 Å². The van der Waals surface area contributed by atoms with E-state index in [2.05, 4.69) is 6.07 Å². The lowest BCUT2D eigenvalue weighted by Gasteiger charge is -2.15. The Kier molecular flexibility index (Phi) is 3.57. The summed E-state index contributed by atoms with van der Waals surface area (Å²) in [7, 11) is 0. The van der Waals surface area contributed by atoms with Crippen molar-refractivity contribution in [2.75, 3.05) is 5.73 Å². The van der Waals surface area contributed by atoms with Crippen molar-refractivity contribution in [3.05, 3.63) is 20.5 Å². The number of nitrogen functional groups attached to an aromatic ring is 1. The quantitative estimate of drug-likeness (QED) is 0.716. The molecule has 1 aliphatic rings. The van der Waals surface area contributed by atoms with Gasteiger partial charge in [-0.2, -0.15) is 5.26 Å². The fraction of sp³-hybridized carbons (Fsp3) is 0.500. The molecule has 0 saturated carbocycles. The average Bonchev–Trinajstić information content (AvgIpc) is 2.20. The van der Waals surface area contributed by atoms with Crippen LogP contribution in [0.4, 0.5) is 5.00 Å². The molecule has 0 amide bonds. The first kappa shape index (κ1) is 11.6. The zero-order valence-corrected chi connectivity index (χ0v) is 10.7. The zero-order chi connectivity index (χ0) is 11.5. The molecule has 2 nitrogen and oxygen atoms in total. The molecule has 84 valence electrons. The number of anilines is 1. The number of fused-ring (bicyclic) bond motifs is 1. The van der Waals surface area contributed by atoms with E-state index in [-0.39, 0.29) is 0 Å². The highest BCUT2D eigenvalue weighted by Crippen LogP contribution is 2.31. The van der Waals surface area contributed by atoms with Crippen LogP contribution < -0.4 is 5.73 Å². The van der Waals surface area contributed by atoms with Gasteiger partial charge in [0.15, 0.2) is 0 Å². The van der Waals surface area contributed by atoms with Gasteiger partial charge in [-0.3, -0.25) is 0 Å². The Hall–Kier alpha value is -0.920. The van der Waals surface area contributed by atoms with Crippen molar-refractivity contribution in [1.82, 2.24) is 0 Å². The van der Waals surface area contributed by atoms with E-state index >= 15 is 0 Å². The highest BCUT2D eigenvalue weighted by atomic mass is 32.1. The number of nitriles is 1. The molecule has 1 aliphatic carbocycles. The van der Waals surface area contributed by atoms with Crippen molar-refractivity contribution in [2.45, 2.75) is 38.5 Å². The van der Waals surface area contributed by atoms with Gasteiger partial charge in [0.05, 0.1) is 9.39 Å². The number of nitrogens with zero attached hydrogens (tertiary/aromatic N) is 1. The number of hydrogen-bond acceptors (Lipinski definition) is 4. The topological polar surface area (TPSA) is 49.8 Å². The molecule has 16 heavy (non-hydrogen) atoms. The Bertz CT molecular complexity index is 497. The normalized spacial score (nSPS) is 15.7. The molecule has 0 radical (unpaired) electrons. The minimum absolute atomic E-state index is 0.590. The predicted octanol–water partition coefficient (Wildman–Crippen LogP) is 3.59. The summed E-state index contributed by atoms with van der Waals surface area (Å²) in [5.41, 5.74) is 8.89. The van der Waals surface area contributed by atoms with E-state index in [4.69, 9.17) is 18.0 Å². The Morgan fingerprint density at radius 3 is 2.38 bits per heavy atom. The van der Waals surface area contributed by atoms with Gasteiger partial charge in [-0.25, -0.2) is 0 Å². The number of nitrogens with two attached hydrogens (primary N) is 1. The van der Waals surface area contributed by atoms with Crippen molar-refractivity contribution in [3.63, 3.8) is 0 Å². The first-order chi connectivity index (χ1) is 7.74.